The van der Waals surface area contributed by atoms with Crippen LogP contribution >= 0.6 is 0 Å². The minimum atomic E-state index is -0.393. The van der Waals surface area contributed by atoms with Gasteiger partial charge in [-0.25, -0.2) is 4.79 Å². The highest BCUT2D eigenvalue weighted by molar-refractivity contribution is 5.87. The Kier molecular flexibility index (Phi) is 3.08. The minimum Gasteiger partial charge on any atom is -0.359 e. The number of rotatable bonds is 3. The van der Waals surface area contributed by atoms with Gasteiger partial charge in [0.05, 0.1) is 17.9 Å². The second kappa shape index (κ2) is 4.69. The van der Waals surface area contributed by atoms with Gasteiger partial charge in [0.1, 0.15) is 0 Å². The van der Waals surface area contributed by atoms with E-state index in [2.05, 4.69) is 20.9 Å². The van der Waals surface area contributed by atoms with Gasteiger partial charge in [0.15, 0.2) is 5.76 Å². The molecule has 0 fully saturated rings. The summed E-state index contributed by atoms with van der Waals surface area (Å²) in [5.74, 6) is 0.889. The summed E-state index contributed by atoms with van der Waals surface area (Å²) in [4.78, 5) is 11.4. The summed E-state index contributed by atoms with van der Waals surface area (Å²) in [6, 6.07) is 2.98. The third-order valence-corrected chi connectivity index (χ3v) is 1.96. The summed E-state index contributed by atoms with van der Waals surface area (Å²) in [7, 11) is 0. The minimum absolute atomic E-state index is 0.264. The molecule has 2 heterocycles. The molecule has 2 rings (SSSR count). The van der Waals surface area contributed by atoms with Crippen molar-refractivity contribution < 1.29 is 13.8 Å². The van der Waals surface area contributed by atoms with Crippen LogP contribution in [0.25, 0.3) is 0 Å². The maximum Gasteiger partial charge on any atom is 0.322 e. The highest BCUT2D eigenvalue weighted by Gasteiger charge is 2.07. The molecule has 7 heteroatoms. The van der Waals surface area contributed by atoms with Crippen molar-refractivity contribution in [3.63, 3.8) is 0 Å². The van der Waals surface area contributed by atoms with E-state index in [9.17, 15) is 4.79 Å². The molecule has 0 aliphatic carbocycles. The molecule has 0 saturated carbocycles. The van der Waals surface area contributed by atoms with Gasteiger partial charge < -0.3 is 14.4 Å². The van der Waals surface area contributed by atoms with E-state index in [0.29, 0.717) is 17.3 Å². The van der Waals surface area contributed by atoms with E-state index in [0.717, 1.165) is 5.69 Å². The number of aromatic nitrogens is 2. The fourth-order valence-electron chi connectivity index (χ4n) is 1.25. The van der Waals surface area contributed by atoms with E-state index < -0.39 is 6.03 Å². The van der Waals surface area contributed by atoms with Crippen molar-refractivity contribution in [1.29, 1.82) is 0 Å². The van der Waals surface area contributed by atoms with Crippen LogP contribution < -0.4 is 10.6 Å². The number of hydrogen-bond acceptors (Lipinski definition) is 5. The molecule has 0 unspecified atom stereocenters. The Hall–Kier alpha value is -2.31. The van der Waals surface area contributed by atoms with Gasteiger partial charge in [-0.05, 0) is 13.8 Å². The predicted octanol–water partition coefficient (Wildman–Crippen LogP) is 1.60. The first-order valence-corrected chi connectivity index (χ1v) is 5.04. The van der Waals surface area contributed by atoms with Crippen molar-refractivity contribution in [2.45, 2.75) is 20.4 Å². The van der Waals surface area contributed by atoms with Crippen molar-refractivity contribution in [3.8, 4) is 0 Å². The number of carbonyl (C=O) groups is 1. The van der Waals surface area contributed by atoms with Gasteiger partial charge in [0.25, 0.3) is 0 Å². The van der Waals surface area contributed by atoms with E-state index in [1.807, 2.05) is 6.92 Å². The Morgan fingerprint density at radius 2 is 1.94 bits per heavy atom. The fourth-order valence-corrected chi connectivity index (χ4v) is 1.25. The van der Waals surface area contributed by atoms with Crippen molar-refractivity contribution >= 4 is 11.9 Å². The maximum absolute atomic E-state index is 11.4. The molecule has 2 aromatic rings. The fraction of sp³-hybridized carbons (Fsp3) is 0.300. The van der Waals surface area contributed by atoms with Crippen molar-refractivity contribution in [1.82, 2.24) is 15.6 Å². The summed E-state index contributed by atoms with van der Waals surface area (Å²) < 4.78 is 9.77. The Bertz CT molecular complexity index is 517. The number of amides is 2. The molecule has 2 N–H and O–H groups in total. The van der Waals surface area contributed by atoms with Crippen LogP contribution in [0.15, 0.2) is 21.2 Å². The number of nitrogens with one attached hydrogen (secondary N) is 2. The van der Waals surface area contributed by atoms with Gasteiger partial charge in [0, 0.05) is 12.1 Å². The lowest BCUT2D eigenvalue weighted by atomic mass is 10.4. The van der Waals surface area contributed by atoms with Gasteiger partial charge in [-0.1, -0.05) is 10.3 Å². The standard InChI is InChI=1S/C10H12N4O3/c1-6-3-8(16-13-6)5-11-10(15)12-9-4-7(2)14-17-9/h3-4H,5H2,1-2H3,(H2,11,12,15). The van der Waals surface area contributed by atoms with Gasteiger partial charge in [-0.3, -0.25) is 5.32 Å². The topological polar surface area (TPSA) is 93.2 Å². The molecule has 0 spiro atoms. The Morgan fingerprint density at radius 3 is 2.53 bits per heavy atom. The zero-order chi connectivity index (χ0) is 12.3. The van der Waals surface area contributed by atoms with E-state index in [1.54, 1.807) is 19.1 Å². The van der Waals surface area contributed by atoms with Gasteiger partial charge in [0.2, 0.25) is 5.88 Å². The molecule has 0 atom stereocenters. The number of anilines is 1. The summed E-state index contributed by atoms with van der Waals surface area (Å²) >= 11 is 0. The predicted molar refractivity (Wildman–Crippen MR) is 58.3 cm³/mol. The summed E-state index contributed by atoms with van der Waals surface area (Å²) in [6.07, 6.45) is 0. The lowest BCUT2D eigenvalue weighted by molar-refractivity contribution is 0.249. The van der Waals surface area contributed by atoms with Gasteiger partial charge in [-0.15, -0.1) is 0 Å². The van der Waals surface area contributed by atoms with Gasteiger partial charge >= 0.3 is 6.03 Å². The zero-order valence-electron chi connectivity index (χ0n) is 9.48. The molecule has 0 aliphatic rings. The highest BCUT2D eigenvalue weighted by atomic mass is 16.5. The summed E-state index contributed by atoms with van der Waals surface area (Å²) in [5.41, 5.74) is 1.47. The lowest BCUT2D eigenvalue weighted by Crippen LogP contribution is -2.27. The Labute approximate surface area is 97.1 Å². The third kappa shape index (κ3) is 3.07. The third-order valence-electron chi connectivity index (χ3n) is 1.96. The van der Waals surface area contributed by atoms with Crippen molar-refractivity contribution in [2.75, 3.05) is 5.32 Å². The monoisotopic (exact) mass is 236 g/mol. The number of aryl methyl sites for hydroxylation is 2. The van der Waals surface area contributed by atoms with E-state index >= 15 is 0 Å². The van der Waals surface area contributed by atoms with Crippen LogP contribution in [0.5, 0.6) is 0 Å². The van der Waals surface area contributed by atoms with Crippen LogP contribution in [-0.4, -0.2) is 16.3 Å². The molecule has 0 bridgehead atoms. The van der Waals surface area contributed by atoms with E-state index in [4.69, 9.17) is 9.05 Å². The first kappa shape index (κ1) is 11.2. The van der Waals surface area contributed by atoms with Crippen LogP contribution in [0, 0.1) is 13.8 Å². The number of urea groups is 1. The number of hydrogen-bond donors (Lipinski definition) is 2. The number of carbonyl (C=O) groups excluding carboxylic acids is 1. The van der Waals surface area contributed by atoms with E-state index in [1.165, 1.54) is 0 Å². The normalized spacial score (nSPS) is 10.2. The zero-order valence-corrected chi connectivity index (χ0v) is 9.48. The van der Waals surface area contributed by atoms with Crippen LogP contribution in [0.2, 0.25) is 0 Å². The molecule has 0 saturated heterocycles. The quantitative estimate of drug-likeness (QED) is 0.844. The highest BCUT2D eigenvalue weighted by Crippen LogP contribution is 2.08. The second-order valence-electron chi connectivity index (χ2n) is 3.57. The first-order chi connectivity index (χ1) is 8.13. The second-order valence-corrected chi connectivity index (χ2v) is 3.57. The molecule has 0 aliphatic heterocycles. The average molecular weight is 236 g/mol. The number of nitrogens with zero attached hydrogens (tertiary/aromatic N) is 2. The molecular weight excluding hydrogens is 224 g/mol. The van der Waals surface area contributed by atoms with Gasteiger partial charge in [-0.2, -0.15) is 0 Å². The molecule has 0 radical (unpaired) electrons. The molecule has 2 amide bonds. The molecule has 7 nitrogen and oxygen atoms in total. The Balaban J connectivity index is 1.82. The summed E-state index contributed by atoms with van der Waals surface area (Å²) in [6.45, 7) is 3.84. The van der Waals surface area contributed by atoms with Crippen LogP contribution in [-0.2, 0) is 6.54 Å². The van der Waals surface area contributed by atoms with Crippen LogP contribution in [0.1, 0.15) is 17.1 Å². The molecule has 90 valence electrons. The molecule has 2 aromatic heterocycles. The largest absolute Gasteiger partial charge is 0.359 e. The molecular formula is C10H12N4O3. The summed E-state index contributed by atoms with van der Waals surface area (Å²) in [5, 5.41) is 12.4. The smallest absolute Gasteiger partial charge is 0.322 e. The van der Waals surface area contributed by atoms with E-state index in [-0.39, 0.29) is 6.54 Å². The first-order valence-electron chi connectivity index (χ1n) is 5.04. The van der Waals surface area contributed by atoms with Crippen LogP contribution in [0.4, 0.5) is 10.7 Å². The Morgan fingerprint density at radius 1 is 1.24 bits per heavy atom. The van der Waals surface area contributed by atoms with Crippen LogP contribution in [0.3, 0.4) is 0 Å². The molecule has 0 aromatic carbocycles. The van der Waals surface area contributed by atoms with Crippen molar-refractivity contribution in [3.05, 3.63) is 29.3 Å². The molecule has 17 heavy (non-hydrogen) atoms. The van der Waals surface area contributed by atoms with Crippen molar-refractivity contribution in [2.24, 2.45) is 0 Å². The SMILES string of the molecule is Cc1cc(CNC(=O)Nc2cc(C)no2)on1. The average Bonchev–Trinajstić information content (AvgIpc) is 2.85. The maximum atomic E-state index is 11.4. The lowest BCUT2D eigenvalue weighted by Gasteiger charge is -2.01.